The number of aliphatic hydroxyl groups excluding tert-OH is 1. The summed E-state index contributed by atoms with van der Waals surface area (Å²) >= 11 is -1.84. The van der Waals surface area contributed by atoms with Crippen LogP contribution in [0.5, 0.6) is 0 Å². The predicted octanol–water partition coefficient (Wildman–Crippen LogP) is 6.78. The molecule has 0 radical (unpaired) electrons. The molecule has 27 heavy (non-hydrogen) atoms. The first-order chi connectivity index (χ1) is 13.0. The van der Waals surface area contributed by atoms with Crippen LogP contribution in [0, 0.1) is 0 Å². The van der Waals surface area contributed by atoms with E-state index >= 15 is 0 Å². The van der Waals surface area contributed by atoms with Crippen molar-refractivity contribution in [2.75, 3.05) is 6.61 Å². The molecule has 0 saturated carbocycles. The Balaban J connectivity index is 0.000000155. The first-order valence-corrected chi connectivity index (χ1v) is 16.4. The Hall–Kier alpha value is -1.05. The minimum absolute atomic E-state index is 0.230. The van der Waals surface area contributed by atoms with Crippen molar-refractivity contribution in [3.63, 3.8) is 0 Å². The number of hydrogen-bond acceptors (Lipinski definition) is 1. The zero-order chi connectivity index (χ0) is 19.6. The largest absolute Gasteiger partial charge is 0.397 e. The molecule has 0 aromatic heterocycles. The molecule has 0 fully saturated rings. The number of aliphatic hydroxyl groups is 1. The molecule has 0 amide bonds. The fourth-order valence-electron chi connectivity index (χ4n) is 2.62. The summed E-state index contributed by atoms with van der Waals surface area (Å²) in [6.07, 6.45) is 0.757. The monoisotopic (exact) mass is 476 g/mol. The van der Waals surface area contributed by atoms with Crippen molar-refractivity contribution >= 4 is 41.8 Å². The molecule has 0 aliphatic heterocycles. The zero-order valence-corrected chi connectivity index (χ0v) is 19.6. The van der Waals surface area contributed by atoms with E-state index in [1.165, 1.54) is 30.3 Å². The molecule has 4 rings (SSSR count). The van der Waals surface area contributed by atoms with Crippen molar-refractivity contribution in [1.29, 1.82) is 0 Å². The van der Waals surface area contributed by atoms with Crippen LogP contribution in [0.1, 0.15) is 19.4 Å². The number of rotatable bonds is 2. The molecular formula is C23H24Cl2OZr-2. The molecule has 0 bridgehead atoms. The Labute approximate surface area is 176 Å². The molecule has 0 heterocycles. The van der Waals surface area contributed by atoms with E-state index in [0.29, 0.717) is 0 Å². The Morgan fingerprint density at radius 1 is 0.926 bits per heavy atom. The van der Waals surface area contributed by atoms with Gasteiger partial charge in [-0.3, -0.25) is 0 Å². The minimum Gasteiger partial charge on any atom is -0.397 e. The van der Waals surface area contributed by atoms with Gasteiger partial charge in [0.15, 0.2) is 0 Å². The van der Waals surface area contributed by atoms with Gasteiger partial charge in [0.25, 0.3) is 0 Å². The van der Waals surface area contributed by atoms with E-state index in [2.05, 4.69) is 66.7 Å². The molecule has 142 valence electrons. The average Bonchev–Trinajstić information content (AvgIpc) is 3.30. The van der Waals surface area contributed by atoms with E-state index in [1.54, 1.807) is 0 Å². The summed E-state index contributed by atoms with van der Waals surface area (Å²) in [4.78, 5) is 0. The van der Waals surface area contributed by atoms with Gasteiger partial charge in [-0.25, -0.2) is 0 Å². The topological polar surface area (TPSA) is 20.2 Å². The second-order valence-electron chi connectivity index (χ2n) is 6.33. The maximum Gasteiger partial charge on any atom is 0.0384 e. The van der Waals surface area contributed by atoms with E-state index in [1.807, 2.05) is 26.0 Å². The Kier molecular flexibility index (Phi) is 9.65. The van der Waals surface area contributed by atoms with Crippen LogP contribution in [-0.2, 0) is 25.3 Å². The number of hydrogen-bond donors (Lipinski definition) is 1. The second-order valence-corrected chi connectivity index (χ2v) is 15.7. The fourth-order valence-corrected chi connectivity index (χ4v) is 2.62. The molecule has 0 atom stereocenters. The first kappa shape index (κ1) is 22.2. The van der Waals surface area contributed by atoms with Crippen molar-refractivity contribution in [2.24, 2.45) is 0 Å². The van der Waals surface area contributed by atoms with Crippen molar-refractivity contribution in [3.8, 4) is 0 Å². The van der Waals surface area contributed by atoms with E-state index in [0.717, 1.165) is 6.42 Å². The van der Waals surface area contributed by atoms with E-state index in [4.69, 9.17) is 22.1 Å². The van der Waals surface area contributed by atoms with Gasteiger partial charge in [0, 0.05) is 6.61 Å². The molecule has 4 aromatic carbocycles. The molecule has 0 saturated heterocycles. The van der Waals surface area contributed by atoms with Crippen LogP contribution in [0.3, 0.4) is 0 Å². The Morgan fingerprint density at radius 2 is 1.56 bits per heavy atom. The smallest absolute Gasteiger partial charge is 0.0384 e. The number of benzene rings is 2. The first-order valence-electron chi connectivity index (χ1n) is 8.86. The third-order valence-electron chi connectivity index (χ3n) is 4.08. The van der Waals surface area contributed by atoms with Gasteiger partial charge >= 0.3 is 53.0 Å². The molecule has 0 unspecified atom stereocenters. The molecule has 1 nitrogen and oxygen atoms in total. The third kappa shape index (κ3) is 7.13. The van der Waals surface area contributed by atoms with Crippen LogP contribution >= 0.6 is 17.0 Å². The van der Waals surface area contributed by atoms with Gasteiger partial charge in [-0.1, -0.05) is 12.1 Å². The van der Waals surface area contributed by atoms with E-state index in [-0.39, 0.29) is 6.61 Å². The maximum absolute atomic E-state index is 8.80. The normalized spacial score (nSPS) is 9.96. The zero-order valence-electron chi connectivity index (χ0n) is 15.6. The van der Waals surface area contributed by atoms with Crippen molar-refractivity contribution in [2.45, 2.75) is 20.3 Å². The third-order valence-corrected chi connectivity index (χ3v) is 10.4. The van der Waals surface area contributed by atoms with Gasteiger partial charge in [0.05, 0.1) is 0 Å². The molecule has 1 N–H and O–H groups in total. The average molecular weight is 479 g/mol. The number of fused-ring (bicyclic) bond motifs is 2. The van der Waals surface area contributed by atoms with Crippen LogP contribution in [0.2, 0.25) is 0 Å². The SMILES string of the molecule is C[C](C)=[Zr]([Cl])[Cl].OCCc1c[cH-]c2ccccc12.c1ccc2[cH-]ccc2c1. The summed E-state index contributed by atoms with van der Waals surface area (Å²) in [6.45, 7) is 4.19. The standard InChI is InChI=1S/C11H11O.C9H7.C3H6.2ClH.Zr/c12-8-7-10-6-5-9-3-1-2-4-11(9)10;1-2-5-9-7-3-6-8(9)4-1;1-3-2;;;/h1-6,12H,7-8H2;1-7H;1-2H3;2*1H;/q2*-1;;;;+2/p-2. The van der Waals surface area contributed by atoms with Crippen molar-refractivity contribution < 1.29 is 24.0 Å². The molecular weight excluding hydrogens is 454 g/mol. The summed E-state index contributed by atoms with van der Waals surface area (Å²) in [7, 11) is 11.1. The molecule has 4 aromatic rings. The molecule has 0 spiro atoms. The molecule has 0 aliphatic carbocycles. The van der Waals surface area contributed by atoms with Crippen LogP contribution < -0.4 is 0 Å². The summed E-state index contributed by atoms with van der Waals surface area (Å²) in [5.41, 5.74) is 1.24. The van der Waals surface area contributed by atoms with Crippen LogP contribution in [0.15, 0.2) is 78.9 Å². The van der Waals surface area contributed by atoms with Gasteiger partial charge in [-0.15, -0.1) is 70.8 Å². The van der Waals surface area contributed by atoms with Crippen LogP contribution in [0.25, 0.3) is 21.5 Å². The fraction of sp³-hybridized carbons (Fsp3) is 0.174. The Morgan fingerprint density at radius 3 is 2.19 bits per heavy atom. The van der Waals surface area contributed by atoms with Gasteiger partial charge in [0.2, 0.25) is 0 Å². The predicted molar refractivity (Wildman–Crippen MR) is 118 cm³/mol. The van der Waals surface area contributed by atoms with Gasteiger partial charge in [-0.2, -0.15) is 23.1 Å². The molecule has 4 heteroatoms. The van der Waals surface area contributed by atoms with Crippen LogP contribution in [0.4, 0.5) is 0 Å². The summed E-state index contributed by atoms with van der Waals surface area (Å²) < 4.78 is 1.24. The Bertz CT molecular complexity index is 949. The number of halogens is 2. The summed E-state index contributed by atoms with van der Waals surface area (Å²) in [6, 6.07) is 27.1. The quantitative estimate of drug-likeness (QED) is 0.315. The summed E-state index contributed by atoms with van der Waals surface area (Å²) in [5, 5.41) is 14.0. The van der Waals surface area contributed by atoms with Gasteiger partial charge in [0.1, 0.15) is 0 Å². The van der Waals surface area contributed by atoms with Crippen LogP contribution in [-0.4, -0.2) is 14.9 Å². The second kappa shape index (κ2) is 11.7. The minimum atomic E-state index is -1.84. The van der Waals surface area contributed by atoms with E-state index < -0.39 is 18.9 Å². The maximum atomic E-state index is 8.80. The van der Waals surface area contributed by atoms with Crippen molar-refractivity contribution in [1.82, 2.24) is 0 Å². The van der Waals surface area contributed by atoms with Crippen molar-refractivity contribution in [3.05, 3.63) is 84.4 Å². The molecule has 0 aliphatic rings. The van der Waals surface area contributed by atoms with Gasteiger partial charge in [-0.05, 0) is 6.42 Å². The van der Waals surface area contributed by atoms with Gasteiger partial charge < -0.3 is 5.11 Å². The van der Waals surface area contributed by atoms with E-state index in [9.17, 15) is 0 Å². The summed E-state index contributed by atoms with van der Waals surface area (Å²) in [5.74, 6) is 0.